The minimum atomic E-state index is -3.84. The van der Waals surface area contributed by atoms with Gasteiger partial charge in [-0.3, -0.25) is 4.72 Å². The molecule has 3 aromatic rings. The Morgan fingerprint density at radius 1 is 1.23 bits per heavy atom. The number of anilines is 1. The van der Waals surface area contributed by atoms with Crippen molar-refractivity contribution in [2.45, 2.75) is 37.8 Å². The average molecular weight is 411 g/mol. The van der Waals surface area contributed by atoms with Crippen molar-refractivity contribution in [3.05, 3.63) is 39.9 Å². The highest BCUT2D eigenvalue weighted by molar-refractivity contribution is 7.95. The maximum Gasteiger partial charge on any atom is 0.355 e. The van der Waals surface area contributed by atoms with Crippen molar-refractivity contribution in [3.8, 4) is 0 Å². The Bertz CT molecular complexity index is 1110. The molecule has 0 fully saturated rings. The predicted octanol–water partition coefficient (Wildman–Crippen LogP) is 4.60. The summed E-state index contributed by atoms with van der Waals surface area (Å²) in [5, 5.41) is 10.0. The summed E-state index contributed by atoms with van der Waals surface area (Å²) >= 11 is 2.20. The standard InChI is InChI=1S/C17H18N2O4S3/c1-8(2)11-5-6-13-12(7-11)9(3)16(25-13)26(22,23)19-17-18-14(15(20)21)10(4)24-17/h5-8H,1-4H3,(H,18,19)(H,20,21). The van der Waals surface area contributed by atoms with Gasteiger partial charge in [0.25, 0.3) is 10.0 Å². The number of carboxylic acids is 1. The molecule has 2 N–H and O–H groups in total. The molecule has 0 radical (unpaired) electrons. The van der Waals surface area contributed by atoms with Crippen molar-refractivity contribution >= 4 is 53.9 Å². The molecule has 0 amide bonds. The Morgan fingerprint density at radius 3 is 2.50 bits per heavy atom. The number of aromatic nitrogens is 1. The van der Waals surface area contributed by atoms with Gasteiger partial charge in [0.2, 0.25) is 0 Å². The quantitative estimate of drug-likeness (QED) is 0.641. The lowest BCUT2D eigenvalue weighted by atomic mass is 10.0. The fourth-order valence-corrected chi connectivity index (χ4v) is 6.42. The first-order valence-corrected chi connectivity index (χ1v) is 11.0. The molecule has 0 saturated carbocycles. The molecule has 0 aliphatic rings. The van der Waals surface area contributed by atoms with Crippen molar-refractivity contribution in [3.63, 3.8) is 0 Å². The highest BCUT2D eigenvalue weighted by Crippen LogP contribution is 2.37. The monoisotopic (exact) mass is 410 g/mol. The molecule has 0 saturated heterocycles. The zero-order chi connectivity index (χ0) is 19.2. The molecule has 6 nitrogen and oxygen atoms in total. The summed E-state index contributed by atoms with van der Waals surface area (Å²) in [7, 11) is -3.84. The Labute approximate surface area is 159 Å². The van der Waals surface area contributed by atoms with Gasteiger partial charge in [0.1, 0.15) is 4.21 Å². The van der Waals surface area contributed by atoms with E-state index in [4.69, 9.17) is 5.11 Å². The van der Waals surface area contributed by atoms with Gasteiger partial charge in [-0.25, -0.2) is 18.2 Å². The number of sulfonamides is 1. The first kappa shape index (κ1) is 18.8. The first-order valence-electron chi connectivity index (χ1n) is 7.86. The van der Waals surface area contributed by atoms with Crippen LogP contribution in [0, 0.1) is 13.8 Å². The number of nitrogens with one attached hydrogen (secondary N) is 1. The van der Waals surface area contributed by atoms with E-state index in [9.17, 15) is 13.2 Å². The molecule has 0 atom stereocenters. The lowest BCUT2D eigenvalue weighted by Gasteiger charge is -2.05. The number of rotatable bonds is 5. The summed E-state index contributed by atoms with van der Waals surface area (Å²) in [5.41, 5.74) is 1.70. The molecule has 2 aromatic heterocycles. The van der Waals surface area contributed by atoms with Gasteiger partial charge in [0.15, 0.2) is 10.8 Å². The Balaban J connectivity index is 2.03. The lowest BCUT2D eigenvalue weighted by Crippen LogP contribution is -2.12. The van der Waals surface area contributed by atoms with Crippen LogP contribution in [0.25, 0.3) is 10.1 Å². The normalized spacial score (nSPS) is 12.0. The molecule has 0 spiro atoms. The Morgan fingerprint density at radius 2 is 1.92 bits per heavy atom. The third-order valence-electron chi connectivity index (χ3n) is 4.05. The molecule has 1 aromatic carbocycles. The molecule has 3 rings (SSSR count). The number of aromatic carboxylic acids is 1. The molecule has 9 heteroatoms. The largest absolute Gasteiger partial charge is 0.476 e. The predicted molar refractivity (Wildman–Crippen MR) is 105 cm³/mol. The van der Waals surface area contributed by atoms with Gasteiger partial charge < -0.3 is 5.11 Å². The maximum absolute atomic E-state index is 12.8. The summed E-state index contributed by atoms with van der Waals surface area (Å²) in [6.45, 7) is 7.56. The van der Waals surface area contributed by atoms with E-state index in [0.717, 1.165) is 27.0 Å². The summed E-state index contributed by atoms with van der Waals surface area (Å²) in [5.74, 6) is -0.826. The number of benzene rings is 1. The fraction of sp³-hybridized carbons (Fsp3) is 0.294. The number of hydrogen-bond donors (Lipinski definition) is 2. The lowest BCUT2D eigenvalue weighted by molar-refractivity contribution is 0.0690. The van der Waals surface area contributed by atoms with Gasteiger partial charge in [0, 0.05) is 9.58 Å². The average Bonchev–Trinajstić information content (AvgIpc) is 3.07. The summed E-state index contributed by atoms with van der Waals surface area (Å²) in [4.78, 5) is 15.4. The zero-order valence-corrected chi connectivity index (χ0v) is 17.1. The smallest absolute Gasteiger partial charge is 0.355 e. The molecule has 0 aliphatic heterocycles. The molecule has 0 unspecified atom stereocenters. The number of aryl methyl sites for hydroxylation is 2. The van der Waals surface area contributed by atoms with Crippen LogP contribution in [0.4, 0.5) is 5.13 Å². The topological polar surface area (TPSA) is 96.4 Å². The van der Waals surface area contributed by atoms with Crippen LogP contribution in [0.2, 0.25) is 0 Å². The van der Waals surface area contributed by atoms with Crippen molar-refractivity contribution in [2.75, 3.05) is 4.72 Å². The van der Waals surface area contributed by atoms with E-state index in [1.54, 1.807) is 13.8 Å². The van der Waals surface area contributed by atoms with Crippen LogP contribution >= 0.6 is 22.7 Å². The molecule has 138 valence electrons. The van der Waals surface area contributed by atoms with Gasteiger partial charge in [0.05, 0.1) is 0 Å². The Hall–Kier alpha value is -1.97. The van der Waals surface area contributed by atoms with E-state index in [2.05, 4.69) is 23.6 Å². The number of nitrogens with zero attached hydrogens (tertiary/aromatic N) is 1. The molecule has 2 heterocycles. The van der Waals surface area contributed by atoms with Crippen LogP contribution in [0.15, 0.2) is 22.4 Å². The zero-order valence-electron chi connectivity index (χ0n) is 14.7. The summed E-state index contributed by atoms with van der Waals surface area (Å²) < 4.78 is 29.2. The number of hydrogen-bond acceptors (Lipinski definition) is 6. The van der Waals surface area contributed by atoms with Crippen LogP contribution in [-0.4, -0.2) is 24.5 Å². The van der Waals surface area contributed by atoms with Crippen LogP contribution in [0.1, 0.15) is 46.3 Å². The van der Waals surface area contributed by atoms with E-state index in [1.165, 1.54) is 11.3 Å². The summed E-state index contributed by atoms with van der Waals surface area (Å²) in [6.07, 6.45) is 0. The number of thiophene rings is 1. The van der Waals surface area contributed by atoms with E-state index >= 15 is 0 Å². The van der Waals surface area contributed by atoms with E-state index in [-0.39, 0.29) is 15.0 Å². The third-order valence-corrected chi connectivity index (χ3v) is 8.30. The van der Waals surface area contributed by atoms with Crippen molar-refractivity contribution in [2.24, 2.45) is 0 Å². The number of carbonyl (C=O) groups is 1. The first-order chi connectivity index (χ1) is 12.1. The minimum Gasteiger partial charge on any atom is -0.476 e. The molecular formula is C17H18N2O4S3. The van der Waals surface area contributed by atoms with Crippen LogP contribution in [-0.2, 0) is 10.0 Å². The van der Waals surface area contributed by atoms with E-state index in [0.29, 0.717) is 16.4 Å². The van der Waals surface area contributed by atoms with E-state index in [1.807, 2.05) is 18.2 Å². The van der Waals surface area contributed by atoms with Crippen LogP contribution in [0.3, 0.4) is 0 Å². The third kappa shape index (κ3) is 3.34. The summed E-state index contributed by atoms with van der Waals surface area (Å²) in [6, 6.07) is 5.98. The van der Waals surface area contributed by atoms with Crippen molar-refractivity contribution in [1.29, 1.82) is 0 Å². The number of thiazole rings is 1. The van der Waals surface area contributed by atoms with Gasteiger partial charge in [-0.15, -0.1) is 22.7 Å². The van der Waals surface area contributed by atoms with Crippen LogP contribution in [0.5, 0.6) is 0 Å². The molecule has 0 bridgehead atoms. The number of fused-ring (bicyclic) bond motifs is 1. The van der Waals surface area contributed by atoms with Gasteiger partial charge in [-0.05, 0) is 48.4 Å². The minimum absolute atomic E-state index is 0.0552. The molecule has 0 aliphatic carbocycles. The van der Waals surface area contributed by atoms with Crippen molar-refractivity contribution < 1.29 is 18.3 Å². The van der Waals surface area contributed by atoms with Crippen molar-refractivity contribution in [1.82, 2.24) is 4.98 Å². The molecule has 26 heavy (non-hydrogen) atoms. The highest BCUT2D eigenvalue weighted by atomic mass is 32.2. The second-order valence-corrected chi connectivity index (χ2v) is 10.4. The van der Waals surface area contributed by atoms with Crippen LogP contribution < -0.4 is 4.72 Å². The Kier molecular flexibility index (Phi) is 4.80. The second kappa shape index (κ2) is 6.64. The second-order valence-electron chi connectivity index (χ2n) is 6.26. The van der Waals surface area contributed by atoms with Gasteiger partial charge >= 0.3 is 5.97 Å². The maximum atomic E-state index is 12.8. The SMILES string of the molecule is Cc1sc(NS(=O)(=O)c2sc3ccc(C(C)C)cc3c2C)nc1C(=O)O. The van der Waals surface area contributed by atoms with Gasteiger partial charge in [-0.1, -0.05) is 19.9 Å². The van der Waals surface area contributed by atoms with Gasteiger partial charge in [-0.2, -0.15) is 0 Å². The molecular weight excluding hydrogens is 392 g/mol. The van der Waals surface area contributed by atoms with E-state index < -0.39 is 16.0 Å². The highest BCUT2D eigenvalue weighted by Gasteiger charge is 2.24. The number of carboxylic acid groups (broad SMARTS) is 1. The fourth-order valence-electron chi connectivity index (χ4n) is 2.63.